The van der Waals surface area contributed by atoms with Gasteiger partial charge < -0.3 is 10.6 Å². The molecule has 0 aromatic heterocycles. The monoisotopic (exact) mass is 304 g/mol. The highest BCUT2D eigenvalue weighted by Gasteiger charge is 2.26. The molecule has 21 heavy (non-hydrogen) atoms. The molecule has 3 rings (SSSR count). The third-order valence-corrected chi connectivity index (χ3v) is 4.26. The Labute approximate surface area is 131 Å². The summed E-state index contributed by atoms with van der Waals surface area (Å²) in [4.78, 5) is 14.5. The Hall–Kier alpha value is -1.58. The van der Waals surface area contributed by atoms with Crippen LogP contribution in [-0.4, -0.2) is 29.9 Å². The van der Waals surface area contributed by atoms with E-state index in [4.69, 9.17) is 5.73 Å². The van der Waals surface area contributed by atoms with Gasteiger partial charge in [-0.3, -0.25) is 4.79 Å². The van der Waals surface area contributed by atoms with Gasteiger partial charge in [-0.05, 0) is 35.2 Å². The molecule has 0 bridgehead atoms. The quantitative estimate of drug-likeness (QED) is 0.880. The fourth-order valence-corrected chi connectivity index (χ4v) is 2.85. The Morgan fingerprint density at radius 2 is 1.90 bits per heavy atom. The Morgan fingerprint density at radius 1 is 1.19 bits per heavy atom. The van der Waals surface area contributed by atoms with E-state index in [0.29, 0.717) is 5.92 Å². The van der Waals surface area contributed by atoms with Gasteiger partial charge in [0.15, 0.2) is 0 Å². The first-order valence-electron chi connectivity index (χ1n) is 7.19. The minimum atomic E-state index is 0. The van der Waals surface area contributed by atoms with E-state index in [1.54, 1.807) is 0 Å². The molecule has 2 unspecified atom stereocenters. The predicted octanol–water partition coefficient (Wildman–Crippen LogP) is 3.07. The molecule has 2 N–H and O–H groups in total. The maximum Gasteiger partial charge on any atom is 0.253 e. The summed E-state index contributed by atoms with van der Waals surface area (Å²) in [6.07, 6.45) is 0.889. The lowest BCUT2D eigenvalue weighted by atomic mass is 9.94. The third kappa shape index (κ3) is 3.20. The van der Waals surface area contributed by atoms with Crippen LogP contribution in [0, 0.1) is 5.92 Å². The fraction of sp³-hybridized carbons (Fsp3) is 0.353. The Bertz CT molecular complexity index is 643. The molecule has 0 aliphatic carbocycles. The standard InChI is InChI=1S/C17H20N2O.ClH/c1-12-11-19(9-8-16(12)18)17(20)15-7-6-13-4-2-3-5-14(13)10-15;/h2-7,10,12,16H,8-9,11,18H2,1H3;1H. The van der Waals surface area contributed by atoms with Gasteiger partial charge in [-0.1, -0.05) is 37.3 Å². The molecule has 1 aliphatic rings. The second-order valence-electron chi connectivity index (χ2n) is 5.74. The molecule has 4 heteroatoms. The minimum absolute atomic E-state index is 0. The van der Waals surface area contributed by atoms with Crippen LogP contribution in [0.3, 0.4) is 0 Å². The molecule has 2 atom stereocenters. The van der Waals surface area contributed by atoms with Crippen LogP contribution in [0.25, 0.3) is 10.8 Å². The van der Waals surface area contributed by atoms with Gasteiger partial charge >= 0.3 is 0 Å². The number of carbonyl (C=O) groups is 1. The molecule has 0 spiro atoms. The van der Waals surface area contributed by atoms with Crippen LogP contribution < -0.4 is 5.73 Å². The second kappa shape index (κ2) is 6.46. The summed E-state index contributed by atoms with van der Waals surface area (Å²) in [5.74, 6) is 0.489. The molecule has 0 radical (unpaired) electrons. The van der Waals surface area contributed by atoms with Crippen molar-refractivity contribution in [1.82, 2.24) is 4.90 Å². The molecule has 2 aromatic rings. The van der Waals surface area contributed by atoms with Crippen LogP contribution in [0.4, 0.5) is 0 Å². The Balaban J connectivity index is 0.00000161. The van der Waals surface area contributed by atoms with E-state index in [9.17, 15) is 4.79 Å². The Kier molecular flexibility index (Phi) is 4.86. The lowest BCUT2D eigenvalue weighted by molar-refractivity contribution is 0.0664. The number of piperidine rings is 1. The predicted molar refractivity (Wildman–Crippen MR) is 88.9 cm³/mol. The zero-order valence-corrected chi connectivity index (χ0v) is 13.0. The van der Waals surface area contributed by atoms with E-state index < -0.39 is 0 Å². The minimum Gasteiger partial charge on any atom is -0.338 e. The molecular weight excluding hydrogens is 284 g/mol. The van der Waals surface area contributed by atoms with Crippen LogP contribution >= 0.6 is 12.4 Å². The van der Waals surface area contributed by atoms with E-state index >= 15 is 0 Å². The van der Waals surface area contributed by atoms with Gasteiger partial charge in [0.1, 0.15) is 0 Å². The van der Waals surface area contributed by atoms with E-state index in [1.165, 1.54) is 0 Å². The number of carbonyl (C=O) groups excluding carboxylic acids is 1. The molecule has 1 heterocycles. The Morgan fingerprint density at radius 3 is 2.62 bits per heavy atom. The van der Waals surface area contributed by atoms with Crippen molar-refractivity contribution in [1.29, 1.82) is 0 Å². The zero-order valence-electron chi connectivity index (χ0n) is 12.2. The summed E-state index contributed by atoms with van der Waals surface area (Å²) < 4.78 is 0. The highest BCUT2D eigenvalue weighted by molar-refractivity contribution is 5.98. The van der Waals surface area contributed by atoms with Crippen molar-refractivity contribution >= 4 is 29.1 Å². The largest absolute Gasteiger partial charge is 0.338 e. The average Bonchev–Trinajstić information content (AvgIpc) is 2.49. The van der Waals surface area contributed by atoms with Gasteiger partial charge in [-0.2, -0.15) is 0 Å². The molecular formula is C17H21ClN2O. The molecule has 112 valence electrons. The highest BCUT2D eigenvalue weighted by Crippen LogP contribution is 2.20. The van der Waals surface area contributed by atoms with Crippen molar-refractivity contribution < 1.29 is 4.79 Å². The molecule has 0 saturated carbocycles. The maximum atomic E-state index is 12.6. The van der Waals surface area contributed by atoms with Crippen molar-refractivity contribution in [3.63, 3.8) is 0 Å². The highest BCUT2D eigenvalue weighted by atomic mass is 35.5. The lowest BCUT2D eigenvalue weighted by Crippen LogP contribution is -2.48. The topological polar surface area (TPSA) is 46.3 Å². The van der Waals surface area contributed by atoms with Crippen molar-refractivity contribution in [2.24, 2.45) is 11.7 Å². The SMILES string of the molecule is CC1CN(C(=O)c2ccc3ccccc3c2)CCC1N.Cl. The molecule has 3 nitrogen and oxygen atoms in total. The van der Waals surface area contributed by atoms with Gasteiger partial charge in [0, 0.05) is 24.7 Å². The summed E-state index contributed by atoms with van der Waals surface area (Å²) in [7, 11) is 0. The first-order valence-corrected chi connectivity index (χ1v) is 7.19. The summed E-state index contributed by atoms with van der Waals surface area (Å²) in [5.41, 5.74) is 6.79. The van der Waals surface area contributed by atoms with Crippen LogP contribution in [0.2, 0.25) is 0 Å². The number of halogens is 1. The van der Waals surface area contributed by atoms with Gasteiger partial charge in [-0.15, -0.1) is 12.4 Å². The number of fused-ring (bicyclic) bond motifs is 1. The first-order chi connectivity index (χ1) is 9.65. The summed E-state index contributed by atoms with van der Waals surface area (Å²) in [6.45, 7) is 3.63. The summed E-state index contributed by atoms with van der Waals surface area (Å²) in [5, 5.41) is 2.28. The molecule has 2 aromatic carbocycles. The van der Waals surface area contributed by atoms with E-state index in [-0.39, 0.29) is 24.4 Å². The number of amides is 1. The lowest BCUT2D eigenvalue weighted by Gasteiger charge is -2.35. The van der Waals surface area contributed by atoms with E-state index in [0.717, 1.165) is 35.8 Å². The number of nitrogens with two attached hydrogens (primary N) is 1. The van der Waals surface area contributed by atoms with Crippen molar-refractivity contribution in [2.75, 3.05) is 13.1 Å². The van der Waals surface area contributed by atoms with Crippen LogP contribution in [0.5, 0.6) is 0 Å². The molecule has 1 amide bonds. The number of likely N-dealkylation sites (tertiary alicyclic amines) is 1. The number of nitrogens with zero attached hydrogens (tertiary/aromatic N) is 1. The smallest absolute Gasteiger partial charge is 0.253 e. The van der Waals surface area contributed by atoms with Gasteiger partial charge in [0.25, 0.3) is 5.91 Å². The summed E-state index contributed by atoms with van der Waals surface area (Å²) in [6, 6.07) is 14.3. The van der Waals surface area contributed by atoms with Crippen molar-refractivity contribution in [3.05, 3.63) is 48.0 Å². The van der Waals surface area contributed by atoms with Gasteiger partial charge in [0.2, 0.25) is 0 Å². The van der Waals surface area contributed by atoms with Crippen molar-refractivity contribution in [3.8, 4) is 0 Å². The normalized spacial score (nSPS) is 21.9. The van der Waals surface area contributed by atoms with Crippen molar-refractivity contribution in [2.45, 2.75) is 19.4 Å². The number of rotatable bonds is 1. The molecule has 1 aliphatic heterocycles. The third-order valence-electron chi connectivity index (χ3n) is 4.26. The summed E-state index contributed by atoms with van der Waals surface area (Å²) >= 11 is 0. The first kappa shape index (κ1) is 15.8. The van der Waals surface area contributed by atoms with E-state index in [1.807, 2.05) is 41.3 Å². The fourth-order valence-electron chi connectivity index (χ4n) is 2.85. The zero-order chi connectivity index (χ0) is 14.1. The molecule has 1 saturated heterocycles. The van der Waals surface area contributed by atoms with Crippen LogP contribution in [-0.2, 0) is 0 Å². The number of hydrogen-bond acceptors (Lipinski definition) is 2. The van der Waals surface area contributed by atoms with Crippen LogP contribution in [0.1, 0.15) is 23.7 Å². The van der Waals surface area contributed by atoms with Gasteiger partial charge in [-0.25, -0.2) is 0 Å². The number of benzene rings is 2. The maximum absolute atomic E-state index is 12.6. The van der Waals surface area contributed by atoms with E-state index in [2.05, 4.69) is 13.0 Å². The van der Waals surface area contributed by atoms with Gasteiger partial charge in [0.05, 0.1) is 0 Å². The number of hydrogen-bond donors (Lipinski definition) is 1. The van der Waals surface area contributed by atoms with Crippen LogP contribution in [0.15, 0.2) is 42.5 Å². The molecule has 1 fully saturated rings. The average molecular weight is 305 g/mol. The second-order valence-corrected chi connectivity index (χ2v) is 5.74.